The lowest BCUT2D eigenvalue weighted by molar-refractivity contribution is 0.102. The maximum Gasteiger partial charge on any atom is 0.255 e. The lowest BCUT2D eigenvalue weighted by Crippen LogP contribution is -2.15. The number of carbonyl (C=O) groups excluding carboxylic acids is 1. The Hall–Kier alpha value is -3.66. The van der Waals surface area contributed by atoms with Crippen LogP contribution >= 0.6 is 0 Å². The Morgan fingerprint density at radius 2 is 2.08 bits per heavy atom. The molecular weight excluding hydrogens is 328 g/mol. The number of hydrogen-bond donors (Lipinski definition) is 2. The first kappa shape index (κ1) is 15.8. The van der Waals surface area contributed by atoms with Gasteiger partial charge in [-0.3, -0.25) is 9.36 Å². The Morgan fingerprint density at radius 1 is 1.19 bits per heavy atom. The van der Waals surface area contributed by atoms with E-state index in [1.807, 2.05) is 6.07 Å². The summed E-state index contributed by atoms with van der Waals surface area (Å²) in [5, 5.41) is 15.4. The summed E-state index contributed by atoms with van der Waals surface area (Å²) < 4.78 is 1.73. The van der Waals surface area contributed by atoms with Crippen LogP contribution in [0, 0.1) is 11.3 Å². The van der Waals surface area contributed by atoms with Crippen LogP contribution in [0.15, 0.2) is 55.2 Å². The molecule has 0 spiro atoms. The number of imidazole rings is 1. The summed E-state index contributed by atoms with van der Waals surface area (Å²) in [5.41, 5.74) is 2.39. The maximum atomic E-state index is 12.7. The number of carbonyl (C=O) groups is 1. The highest BCUT2D eigenvalue weighted by Crippen LogP contribution is 2.30. The van der Waals surface area contributed by atoms with E-state index in [0.29, 0.717) is 28.7 Å². The number of aromatic nitrogens is 3. The van der Waals surface area contributed by atoms with Gasteiger partial charge in [-0.1, -0.05) is 0 Å². The number of nitriles is 1. The van der Waals surface area contributed by atoms with Crippen LogP contribution in [0.4, 0.5) is 11.4 Å². The topological polar surface area (TPSA) is 95.6 Å². The normalized spacial score (nSPS) is 13.0. The monoisotopic (exact) mass is 344 g/mol. The fourth-order valence-corrected chi connectivity index (χ4v) is 2.58. The molecule has 1 aliphatic carbocycles. The van der Waals surface area contributed by atoms with E-state index in [4.69, 9.17) is 5.26 Å². The number of amides is 1. The number of pyridine rings is 1. The number of rotatable bonds is 5. The molecular formula is C19H16N6O. The van der Waals surface area contributed by atoms with Gasteiger partial charge in [-0.15, -0.1) is 0 Å². The van der Waals surface area contributed by atoms with Crippen LogP contribution in [-0.2, 0) is 0 Å². The molecule has 1 aliphatic rings. The van der Waals surface area contributed by atoms with Crippen molar-refractivity contribution in [2.45, 2.75) is 18.9 Å². The third-order valence-corrected chi connectivity index (χ3v) is 4.11. The fraction of sp³-hybridized carbons (Fsp3) is 0.158. The quantitative estimate of drug-likeness (QED) is 0.742. The van der Waals surface area contributed by atoms with Gasteiger partial charge in [0.25, 0.3) is 5.91 Å². The molecule has 128 valence electrons. The summed E-state index contributed by atoms with van der Waals surface area (Å²) in [6, 6.07) is 11.1. The Labute approximate surface area is 150 Å². The van der Waals surface area contributed by atoms with Crippen LogP contribution in [0.5, 0.6) is 0 Å². The zero-order valence-corrected chi connectivity index (χ0v) is 13.9. The molecule has 0 atom stereocenters. The van der Waals surface area contributed by atoms with E-state index < -0.39 is 0 Å². The molecule has 26 heavy (non-hydrogen) atoms. The highest BCUT2D eigenvalue weighted by atomic mass is 16.1. The minimum absolute atomic E-state index is 0.261. The zero-order chi connectivity index (χ0) is 17.9. The molecule has 1 fully saturated rings. The zero-order valence-electron chi connectivity index (χ0n) is 13.9. The molecule has 0 aliphatic heterocycles. The largest absolute Gasteiger partial charge is 0.381 e. The van der Waals surface area contributed by atoms with Gasteiger partial charge < -0.3 is 10.6 Å². The van der Waals surface area contributed by atoms with Gasteiger partial charge in [-0.05, 0) is 43.2 Å². The van der Waals surface area contributed by atoms with E-state index in [0.717, 1.165) is 18.5 Å². The SMILES string of the molecule is N#Cc1ccc(NC2CC2)c(NC(=O)c2ccnc(-n3ccnc3)c2)c1. The average molecular weight is 344 g/mol. The third-order valence-electron chi connectivity index (χ3n) is 4.11. The van der Waals surface area contributed by atoms with Gasteiger partial charge in [0.15, 0.2) is 0 Å². The van der Waals surface area contributed by atoms with Gasteiger partial charge in [-0.2, -0.15) is 5.26 Å². The van der Waals surface area contributed by atoms with E-state index in [2.05, 4.69) is 26.7 Å². The van der Waals surface area contributed by atoms with Gasteiger partial charge in [0.2, 0.25) is 0 Å². The minimum Gasteiger partial charge on any atom is -0.381 e. The summed E-state index contributed by atoms with van der Waals surface area (Å²) in [4.78, 5) is 21.0. The summed E-state index contributed by atoms with van der Waals surface area (Å²) in [6.45, 7) is 0. The highest BCUT2D eigenvalue weighted by Gasteiger charge is 2.22. The predicted octanol–water partition coefficient (Wildman–Crippen LogP) is 2.97. The molecule has 1 amide bonds. The number of nitrogens with zero attached hydrogens (tertiary/aromatic N) is 4. The molecule has 2 N–H and O–H groups in total. The average Bonchev–Trinajstić information content (AvgIpc) is 3.32. The molecule has 3 aromatic rings. The summed E-state index contributed by atoms with van der Waals surface area (Å²) in [5.74, 6) is 0.347. The van der Waals surface area contributed by atoms with Crippen LogP contribution in [0.2, 0.25) is 0 Å². The van der Waals surface area contributed by atoms with Gasteiger partial charge in [0.05, 0.1) is 23.0 Å². The second kappa shape index (κ2) is 6.69. The second-order valence-corrected chi connectivity index (χ2v) is 6.12. The van der Waals surface area contributed by atoms with Crippen molar-refractivity contribution in [3.05, 3.63) is 66.4 Å². The number of benzene rings is 1. The standard InChI is InChI=1S/C19H16N6O/c20-11-13-1-4-16(23-15-2-3-15)17(9-13)24-19(26)14-5-6-22-18(10-14)25-8-7-21-12-25/h1,4-10,12,15,23H,2-3H2,(H,24,26). The van der Waals surface area contributed by atoms with Crippen LogP contribution in [0.1, 0.15) is 28.8 Å². The maximum absolute atomic E-state index is 12.7. The van der Waals surface area contributed by atoms with Crippen molar-refractivity contribution in [1.82, 2.24) is 14.5 Å². The molecule has 1 saturated carbocycles. The van der Waals surface area contributed by atoms with Crippen LogP contribution in [-0.4, -0.2) is 26.5 Å². The van der Waals surface area contributed by atoms with E-state index in [9.17, 15) is 4.79 Å². The van der Waals surface area contributed by atoms with Crippen LogP contribution in [0.25, 0.3) is 5.82 Å². The predicted molar refractivity (Wildman–Crippen MR) is 97.1 cm³/mol. The van der Waals surface area contributed by atoms with Crippen molar-refractivity contribution < 1.29 is 4.79 Å². The molecule has 0 bridgehead atoms. The van der Waals surface area contributed by atoms with Crippen molar-refractivity contribution in [3.63, 3.8) is 0 Å². The smallest absolute Gasteiger partial charge is 0.255 e. The number of hydrogen-bond acceptors (Lipinski definition) is 5. The first-order valence-electron chi connectivity index (χ1n) is 8.29. The lowest BCUT2D eigenvalue weighted by Gasteiger charge is -2.13. The van der Waals surface area contributed by atoms with E-state index in [-0.39, 0.29) is 5.91 Å². The summed E-state index contributed by atoms with van der Waals surface area (Å²) >= 11 is 0. The Morgan fingerprint density at radius 3 is 2.81 bits per heavy atom. The summed E-state index contributed by atoms with van der Waals surface area (Å²) in [6.07, 6.45) is 8.85. The van der Waals surface area contributed by atoms with Gasteiger partial charge in [0, 0.05) is 30.2 Å². The Balaban J connectivity index is 1.60. The first-order valence-corrected chi connectivity index (χ1v) is 8.29. The number of anilines is 2. The summed E-state index contributed by atoms with van der Waals surface area (Å²) in [7, 11) is 0. The molecule has 0 saturated heterocycles. The number of nitrogens with one attached hydrogen (secondary N) is 2. The Kier molecular flexibility index (Phi) is 4.07. The van der Waals surface area contributed by atoms with Crippen LogP contribution in [0.3, 0.4) is 0 Å². The third kappa shape index (κ3) is 3.39. The van der Waals surface area contributed by atoms with Crippen molar-refractivity contribution >= 4 is 17.3 Å². The van der Waals surface area contributed by atoms with E-state index >= 15 is 0 Å². The van der Waals surface area contributed by atoms with E-state index in [1.165, 1.54) is 0 Å². The lowest BCUT2D eigenvalue weighted by atomic mass is 10.1. The second-order valence-electron chi connectivity index (χ2n) is 6.12. The highest BCUT2D eigenvalue weighted by molar-refractivity contribution is 6.06. The van der Waals surface area contributed by atoms with Crippen molar-refractivity contribution in [1.29, 1.82) is 5.26 Å². The van der Waals surface area contributed by atoms with Gasteiger partial charge in [-0.25, -0.2) is 9.97 Å². The molecule has 2 heterocycles. The molecule has 2 aromatic heterocycles. The minimum atomic E-state index is -0.261. The van der Waals surface area contributed by atoms with Crippen molar-refractivity contribution in [3.8, 4) is 11.9 Å². The molecule has 7 nitrogen and oxygen atoms in total. The van der Waals surface area contributed by atoms with Gasteiger partial charge >= 0.3 is 0 Å². The Bertz CT molecular complexity index is 986. The molecule has 1 aromatic carbocycles. The van der Waals surface area contributed by atoms with Crippen LogP contribution < -0.4 is 10.6 Å². The van der Waals surface area contributed by atoms with Gasteiger partial charge in [0.1, 0.15) is 12.1 Å². The molecule has 0 unspecified atom stereocenters. The fourth-order valence-electron chi connectivity index (χ4n) is 2.58. The molecule has 0 radical (unpaired) electrons. The first-order chi connectivity index (χ1) is 12.7. The molecule has 4 rings (SSSR count). The van der Waals surface area contributed by atoms with E-state index in [1.54, 1.807) is 53.8 Å². The van der Waals surface area contributed by atoms with Crippen molar-refractivity contribution in [2.24, 2.45) is 0 Å². The molecule has 7 heteroatoms. The van der Waals surface area contributed by atoms with Crippen molar-refractivity contribution in [2.75, 3.05) is 10.6 Å².